The molecule has 0 saturated carbocycles. The molecule has 4 nitrogen and oxygen atoms in total. The molecule has 4 rings (SSSR count). The van der Waals surface area contributed by atoms with E-state index in [1.807, 2.05) is 78.9 Å². The SMILES string of the molecule is COC(=O)c1cc(OCc2ccccc2)c2cccc(C#Cc3ccccc3)c2n1. The van der Waals surface area contributed by atoms with Crippen molar-refractivity contribution in [3.8, 4) is 17.6 Å². The highest BCUT2D eigenvalue weighted by Gasteiger charge is 2.15. The van der Waals surface area contributed by atoms with Crippen molar-refractivity contribution in [1.29, 1.82) is 0 Å². The van der Waals surface area contributed by atoms with Gasteiger partial charge in [-0.15, -0.1) is 0 Å². The molecule has 0 aliphatic carbocycles. The molecule has 4 heteroatoms. The van der Waals surface area contributed by atoms with Crippen molar-refractivity contribution in [1.82, 2.24) is 4.98 Å². The number of fused-ring (bicyclic) bond motifs is 1. The Morgan fingerprint density at radius 3 is 2.37 bits per heavy atom. The van der Waals surface area contributed by atoms with Crippen LogP contribution in [0.15, 0.2) is 84.9 Å². The number of pyridine rings is 1. The number of ether oxygens (including phenoxy) is 2. The van der Waals surface area contributed by atoms with E-state index in [-0.39, 0.29) is 5.69 Å². The van der Waals surface area contributed by atoms with Crippen LogP contribution in [-0.4, -0.2) is 18.1 Å². The van der Waals surface area contributed by atoms with Gasteiger partial charge in [-0.1, -0.05) is 66.4 Å². The van der Waals surface area contributed by atoms with Gasteiger partial charge >= 0.3 is 5.97 Å². The maximum Gasteiger partial charge on any atom is 0.356 e. The summed E-state index contributed by atoms with van der Waals surface area (Å²) in [6.07, 6.45) is 0. The molecule has 0 aliphatic heterocycles. The summed E-state index contributed by atoms with van der Waals surface area (Å²) in [5, 5.41) is 0.790. The zero-order valence-electron chi connectivity index (χ0n) is 16.5. The summed E-state index contributed by atoms with van der Waals surface area (Å²) >= 11 is 0. The van der Waals surface area contributed by atoms with Gasteiger partial charge in [-0.3, -0.25) is 0 Å². The lowest BCUT2D eigenvalue weighted by molar-refractivity contribution is 0.0594. The van der Waals surface area contributed by atoms with E-state index >= 15 is 0 Å². The molecule has 0 N–H and O–H groups in total. The third-order valence-electron chi connectivity index (χ3n) is 4.55. The Bertz CT molecular complexity index is 1240. The maximum atomic E-state index is 12.2. The van der Waals surface area contributed by atoms with Crippen molar-refractivity contribution in [2.45, 2.75) is 6.61 Å². The van der Waals surface area contributed by atoms with Crippen LogP contribution in [0.1, 0.15) is 27.2 Å². The number of carbonyl (C=O) groups is 1. The van der Waals surface area contributed by atoms with Gasteiger partial charge in [0, 0.05) is 17.0 Å². The summed E-state index contributed by atoms with van der Waals surface area (Å²) in [4.78, 5) is 16.7. The van der Waals surface area contributed by atoms with Gasteiger partial charge < -0.3 is 9.47 Å². The summed E-state index contributed by atoms with van der Waals surface area (Å²) in [7, 11) is 1.33. The first-order valence-corrected chi connectivity index (χ1v) is 9.50. The summed E-state index contributed by atoms with van der Waals surface area (Å²) in [6.45, 7) is 0.375. The Balaban J connectivity index is 1.79. The van der Waals surface area contributed by atoms with E-state index in [1.54, 1.807) is 6.07 Å². The highest BCUT2D eigenvalue weighted by Crippen LogP contribution is 2.28. The van der Waals surface area contributed by atoms with E-state index in [9.17, 15) is 4.79 Å². The number of carbonyl (C=O) groups excluding carboxylic acids is 1. The van der Waals surface area contributed by atoms with E-state index in [2.05, 4.69) is 16.8 Å². The molecule has 0 spiro atoms. The van der Waals surface area contributed by atoms with Gasteiger partial charge in [-0.25, -0.2) is 9.78 Å². The summed E-state index contributed by atoms with van der Waals surface area (Å²) < 4.78 is 10.9. The molecule has 0 amide bonds. The molecule has 0 atom stereocenters. The van der Waals surface area contributed by atoms with E-state index in [1.165, 1.54) is 7.11 Å². The molecule has 30 heavy (non-hydrogen) atoms. The lowest BCUT2D eigenvalue weighted by Crippen LogP contribution is -2.06. The standard InChI is InChI=1S/C26H19NO3/c1-29-26(28)23-17-24(30-18-20-11-6-3-7-12-20)22-14-8-13-21(25(22)27-23)16-15-19-9-4-2-5-10-19/h2-14,17H,18H2,1H3. The van der Waals surface area contributed by atoms with Gasteiger partial charge in [0.25, 0.3) is 0 Å². The van der Waals surface area contributed by atoms with Crippen LogP contribution in [0, 0.1) is 11.8 Å². The monoisotopic (exact) mass is 393 g/mol. The van der Waals surface area contributed by atoms with Crippen LogP contribution in [0.3, 0.4) is 0 Å². The minimum absolute atomic E-state index is 0.182. The molecule has 3 aromatic carbocycles. The second kappa shape index (κ2) is 8.93. The first-order valence-electron chi connectivity index (χ1n) is 9.50. The smallest absolute Gasteiger partial charge is 0.356 e. The van der Waals surface area contributed by atoms with Crippen molar-refractivity contribution >= 4 is 16.9 Å². The van der Waals surface area contributed by atoms with Gasteiger partial charge in [0.05, 0.1) is 18.2 Å². The third-order valence-corrected chi connectivity index (χ3v) is 4.55. The van der Waals surface area contributed by atoms with Gasteiger partial charge in [0.2, 0.25) is 0 Å². The molecule has 146 valence electrons. The maximum absolute atomic E-state index is 12.2. The van der Waals surface area contributed by atoms with Crippen LogP contribution < -0.4 is 4.74 Å². The lowest BCUT2D eigenvalue weighted by Gasteiger charge is -2.12. The second-order valence-electron chi connectivity index (χ2n) is 6.59. The number of rotatable bonds is 4. The summed E-state index contributed by atoms with van der Waals surface area (Å²) in [5.74, 6) is 6.36. The van der Waals surface area contributed by atoms with E-state index < -0.39 is 5.97 Å². The molecule has 0 aliphatic rings. The summed E-state index contributed by atoms with van der Waals surface area (Å²) in [6, 6.07) is 26.9. The number of benzene rings is 3. The van der Waals surface area contributed by atoms with Gasteiger partial charge in [-0.05, 0) is 29.8 Å². The predicted octanol–water partition coefficient (Wildman–Crippen LogP) is 5.00. The quantitative estimate of drug-likeness (QED) is 0.362. The molecule has 0 saturated heterocycles. The van der Waals surface area contributed by atoms with Crippen molar-refractivity contribution in [2.75, 3.05) is 7.11 Å². The minimum Gasteiger partial charge on any atom is -0.488 e. The van der Waals surface area contributed by atoms with Gasteiger partial charge in [0.15, 0.2) is 5.69 Å². The molecular weight excluding hydrogens is 374 g/mol. The highest BCUT2D eigenvalue weighted by molar-refractivity contribution is 5.96. The van der Waals surface area contributed by atoms with Gasteiger partial charge in [-0.2, -0.15) is 0 Å². The Hall–Kier alpha value is -4.10. The Kier molecular flexibility index (Phi) is 5.73. The van der Waals surface area contributed by atoms with Crippen LogP contribution in [0.2, 0.25) is 0 Å². The first kappa shape index (κ1) is 19.2. The van der Waals surface area contributed by atoms with Crippen LogP contribution in [0.4, 0.5) is 0 Å². The second-order valence-corrected chi connectivity index (χ2v) is 6.59. The fraction of sp³-hybridized carbons (Fsp3) is 0.0769. The van der Waals surface area contributed by atoms with Gasteiger partial charge in [0.1, 0.15) is 12.4 Å². The zero-order chi connectivity index (χ0) is 20.8. The van der Waals surface area contributed by atoms with E-state index in [4.69, 9.17) is 9.47 Å². The van der Waals surface area contributed by atoms with Crippen molar-refractivity contribution < 1.29 is 14.3 Å². The molecule has 1 aromatic heterocycles. The zero-order valence-corrected chi connectivity index (χ0v) is 16.5. The van der Waals surface area contributed by atoms with Crippen LogP contribution in [-0.2, 0) is 11.3 Å². The Morgan fingerprint density at radius 1 is 0.900 bits per heavy atom. The van der Waals surface area contributed by atoms with Crippen molar-refractivity contribution in [2.24, 2.45) is 0 Å². The lowest BCUT2D eigenvalue weighted by atomic mass is 10.1. The number of hydrogen-bond donors (Lipinski definition) is 0. The molecule has 0 radical (unpaired) electrons. The average Bonchev–Trinajstić information content (AvgIpc) is 2.81. The van der Waals surface area contributed by atoms with Crippen LogP contribution in [0.25, 0.3) is 10.9 Å². The molecular formula is C26H19NO3. The largest absolute Gasteiger partial charge is 0.488 e. The predicted molar refractivity (Wildman–Crippen MR) is 116 cm³/mol. The third kappa shape index (κ3) is 4.31. The number of hydrogen-bond acceptors (Lipinski definition) is 4. The van der Waals surface area contributed by atoms with E-state index in [0.29, 0.717) is 23.4 Å². The molecule has 0 unspecified atom stereocenters. The van der Waals surface area contributed by atoms with Crippen molar-refractivity contribution in [3.63, 3.8) is 0 Å². The number of nitrogens with zero attached hydrogens (tertiary/aromatic N) is 1. The van der Waals surface area contributed by atoms with Crippen LogP contribution in [0.5, 0.6) is 5.75 Å². The topological polar surface area (TPSA) is 48.4 Å². The van der Waals surface area contributed by atoms with Crippen LogP contribution >= 0.6 is 0 Å². The fourth-order valence-electron chi connectivity index (χ4n) is 3.04. The minimum atomic E-state index is -0.521. The average molecular weight is 393 g/mol. The number of methoxy groups -OCH3 is 1. The molecule has 1 heterocycles. The first-order chi connectivity index (χ1) is 14.7. The summed E-state index contributed by atoms with van der Waals surface area (Å²) in [5.41, 5.74) is 3.43. The fourth-order valence-corrected chi connectivity index (χ4v) is 3.04. The number of aromatic nitrogens is 1. The highest BCUT2D eigenvalue weighted by atomic mass is 16.5. The van der Waals surface area contributed by atoms with E-state index in [0.717, 1.165) is 16.5 Å². The molecule has 0 fully saturated rings. The number of esters is 1. The van der Waals surface area contributed by atoms with Crippen molar-refractivity contribution in [3.05, 3.63) is 107 Å². The Labute approximate surface area is 175 Å². The molecule has 0 bridgehead atoms. The Morgan fingerprint density at radius 2 is 1.63 bits per heavy atom. The molecule has 4 aromatic rings. The normalized spacial score (nSPS) is 10.2. The number of para-hydroxylation sites is 1.